The average molecular weight is 344 g/mol. The van der Waals surface area contributed by atoms with E-state index in [2.05, 4.69) is 10.3 Å². The van der Waals surface area contributed by atoms with Crippen LogP contribution < -0.4 is 16.0 Å². The van der Waals surface area contributed by atoms with Crippen molar-refractivity contribution in [2.45, 2.75) is 25.6 Å². The van der Waals surface area contributed by atoms with E-state index in [4.69, 9.17) is 10.5 Å². The van der Waals surface area contributed by atoms with Crippen molar-refractivity contribution in [1.29, 1.82) is 0 Å². The van der Waals surface area contributed by atoms with Gasteiger partial charge in [-0.05, 0) is 36.9 Å². The van der Waals surface area contributed by atoms with Gasteiger partial charge in [0.05, 0.1) is 17.6 Å². The van der Waals surface area contributed by atoms with Crippen LogP contribution in [0.5, 0.6) is 0 Å². The number of anilines is 3. The second-order valence-corrected chi connectivity index (χ2v) is 6.47. The maximum absolute atomic E-state index is 13.0. The number of nitrogens with two attached hydrogens (primary N) is 1. The van der Waals surface area contributed by atoms with Crippen LogP contribution >= 0.6 is 0 Å². The third kappa shape index (κ3) is 2.73. The molecule has 2 amide bonds. The highest BCUT2D eigenvalue weighted by atomic mass is 19.1. The number of carbonyl (C=O) groups is 2. The molecule has 1 aromatic carbocycles. The molecule has 7 nitrogen and oxygen atoms in total. The van der Waals surface area contributed by atoms with Gasteiger partial charge in [0.2, 0.25) is 5.91 Å². The summed E-state index contributed by atoms with van der Waals surface area (Å²) in [5.41, 5.74) is 7.18. The van der Waals surface area contributed by atoms with Crippen LogP contribution in [0, 0.1) is 5.92 Å². The Morgan fingerprint density at radius 2 is 2.20 bits per heavy atom. The normalized spacial score (nSPS) is 25.1. The van der Waals surface area contributed by atoms with Crippen molar-refractivity contribution in [3.05, 3.63) is 24.4 Å². The zero-order chi connectivity index (χ0) is 17.7. The highest BCUT2D eigenvalue weighted by Gasteiger charge is 2.43. The van der Waals surface area contributed by atoms with Gasteiger partial charge >= 0.3 is 6.09 Å². The molecule has 1 saturated carbocycles. The minimum Gasteiger partial charge on any atom is -0.447 e. The summed E-state index contributed by atoms with van der Waals surface area (Å²) >= 11 is 0. The Balaban J connectivity index is 1.68. The molecule has 2 fully saturated rings. The predicted octanol–water partition coefficient (Wildman–Crippen LogP) is 2.46. The first kappa shape index (κ1) is 15.6. The largest absolute Gasteiger partial charge is 0.447 e. The number of halogens is 1. The molecule has 1 aromatic heterocycles. The summed E-state index contributed by atoms with van der Waals surface area (Å²) in [5, 5.41) is 4.04. The number of alkyl halides is 1. The van der Waals surface area contributed by atoms with E-state index in [0.717, 1.165) is 5.39 Å². The number of aromatic nitrogens is 1. The van der Waals surface area contributed by atoms with Gasteiger partial charge in [0.15, 0.2) is 0 Å². The van der Waals surface area contributed by atoms with Gasteiger partial charge in [-0.1, -0.05) is 0 Å². The molecule has 4 rings (SSSR count). The monoisotopic (exact) mass is 344 g/mol. The summed E-state index contributed by atoms with van der Waals surface area (Å²) in [5.74, 6) is -0.639. The van der Waals surface area contributed by atoms with Crippen LogP contribution in [0.3, 0.4) is 0 Å². The predicted molar refractivity (Wildman–Crippen MR) is 91.1 cm³/mol. The lowest BCUT2D eigenvalue weighted by Crippen LogP contribution is -2.30. The van der Waals surface area contributed by atoms with Crippen LogP contribution in [0.2, 0.25) is 0 Å². The first-order valence-electron chi connectivity index (χ1n) is 8.04. The number of amides is 2. The number of nitrogens with zero attached hydrogens (tertiary/aromatic N) is 2. The van der Waals surface area contributed by atoms with E-state index >= 15 is 0 Å². The number of nitrogen functional groups attached to an aromatic ring is 1. The SMILES string of the molecule is C[C@@H]1COC(=O)N1c1cc(N)c2cnc(NC(=O)[C@@H]3C[C@H]3F)cc2c1. The van der Waals surface area contributed by atoms with E-state index in [0.29, 0.717) is 29.2 Å². The maximum atomic E-state index is 13.0. The molecule has 0 spiro atoms. The van der Waals surface area contributed by atoms with Crippen LogP contribution in [-0.4, -0.2) is 35.8 Å². The smallest absolute Gasteiger partial charge is 0.414 e. The molecular formula is C17H17FN4O3. The van der Waals surface area contributed by atoms with E-state index in [9.17, 15) is 14.0 Å². The van der Waals surface area contributed by atoms with E-state index in [1.807, 2.05) is 6.92 Å². The van der Waals surface area contributed by atoms with Gasteiger partial charge < -0.3 is 15.8 Å². The molecule has 25 heavy (non-hydrogen) atoms. The Labute approximate surface area is 142 Å². The summed E-state index contributed by atoms with van der Waals surface area (Å²) < 4.78 is 18.0. The zero-order valence-corrected chi connectivity index (χ0v) is 13.5. The summed E-state index contributed by atoms with van der Waals surface area (Å²) in [6.45, 7) is 2.20. The summed E-state index contributed by atoms with van der Waals surface area (Å²) in [6.07, 6.45) is 0.322. The molecular weight excluding hydrogens is 327 g/mol. The summed E-state index contributed by atoms with van der Waals surface area (Å²) in [6, 6.07) is 5.06. The van der Waals surface area contributed by atoms with E-state index in [-0.39, 0.29) is 18.4 Å². The number of hydrogen-bond donors (Lipinski definition) is 2. The third-order valence-electron chi connectivity index (χ3n) is 4.52. The number of cyclic esters (lactones) is 1. The molecule has 0 bridgehead atoms. The Hall–Kier alpha value is -2.90. The number of fused-ring (bicyclic) bond motifs is 1. The quantitative estimate of drug-likeness (QED) is 0.834. The number of nitrogens with one attached hydrogen (secondary N) is 1. The van der Waals surface area contributed by atoms with Gasteiger partial charge in [-0.2, -0.15) is 0 Å². The van der Waals surface area contributed by atoms with E-state index < -0.39 is 18.2 Å². The topological polar surface area (TPSA) is 97.6 Å². The highest BCUT2D eigenvalue weighted by molar-refractivity contribution is 6.02. The van der Waals surface area contributed by atoms with Crippen LogP contribution in [0.1, 0.15) is 13.3 Å². The molecule has 1 saturated heterocycles. The van der Waals surface area contributed by atoms with Crippen LogP contribution in [-0.2, 0) is 9.53 Å². The molecule has 1 aliphatic carbocycles. The Morgan fingerprint density at radius 3 is 2.84 bits per heavy atom. The number of carbonyl (C=O) groups excluding carboxylic acids is 2. The molecule has 2 aromatic rings. The molecule has 3 atom stereocenters. The van der Waals surface area contributed by atoms with Gasteiger partial charge in [-0.25, -0.2) is 14.2 Å². The van der Waals surface area contributed by atoms with Crippen molar-refractivity contribution < 1.29 is 18.7 Å². The fourth-order valence-electron chi connectivity index (χ4n) is 3.01. The molecule has 1 aliphatic heterocycles. The van der Waals surface area contributed by atoms with Crippen LogP contribution in [0.25, 0.3) is 10.8 Å². The lowest BCUT2D eigenvalue weighted by atomic mass is 10.1. The summed E-state index contributed by atoms with van der Waals surface area (Å²) in [4.78, 5) is 29.5. The van der Waals surface area contributed by atoms with E-state index in [1.54, 1.807) is 24.4 Å². The Morgan fingerprint density at radius 1 is 1.44 bits per heavy atom. The van der Waals surface area contributed by atoms with Crippen molar-refractivity contribution >= 4 is 40.0 Å². The number of ether oxygens (including phenoxy) is 1. The molecule has 2 aliphatic rings. The third-order valence-corrected chi connectivity index (χ3v) is 4.52. The van der Waals surface area contributed by atoms with Crippen molar-refractivity contribution in [3.63, 3.8) is 0 Å². The fraction of sp³-hybridized carbons (Fsp3) is 0.353. The number of hydrogen-bond acceptors (Lipinski definition) is 5. The Bertz CT molecular complexity index is 888. The summed E-state index contributed by atoms with van der Waals surface area (Å²) in [7, 11) is 0. The van der Waals surface area contributed by atoms with Crippen molar-refractivity contribution in [1.82, 2.24) is 4.98 Å². The number of benzene rings is 1. The van der Waals surface area contributed by atoms with Crippen molar-refractivity contribution in [3.8, 4) is 0 Å². The molecule has 3 N–H and O–H groups in total. The van der Waals surface area contributed by atoms with Crippen molar-refractivity contribution in [2.24, 2.45) is 5.92 Å². The van der Waals surface area contributed by atoms with Gasteiger partial charge in [0.25, 0.3) is 0 Å². The molecule has 0 radical (unpaired) electrons. The second-order valence-electron chi connectivity index (χ2n) is 6.47. The van der Waals surface area contributed by atoms with Gasteiger partial charge in [0.1, 0.15) is 18.6 Å². The van der Waals surface area contributed by atoms with Crippen molar-refractivity contribution in [2.75, 3.05) is 22.6 Å². The molecule has 2 heterocycles. The van der Waals surface area contributed by atoms with Crippen LogP contribution in [0.15, 0.2) is 24.4 Å². The van der Waals surface area contributed by atoms with Crippen LogP contribution in [0.4, 0.5) is 26.4 Å². The first-order chi connectivity index (χ1) is 11.9. The number of rotatable bonds is 3. The van der Waals surface area contributed by atoms with Gasteiger partial charge in [-0.15, -0.1) is 0 Å². The molecule has 8 heteroatoms. The lowest BCUT2D eigenvalue weighted by Gasteiger charge is -2.19. The van der Waals surface area contributed by atoms with Gasteiger partial charge in [-0.3, -0.25) is 9.69 Å². The Kier molecular flexibility index (Phi) is 3.48. The van der Waals surface area contributed by atoms with E-state index in [1.165, 1.54) is 4.90 Å². The fourth-order valence-corrected chi connectivity index (χ4v) is 3.01. The average Bonchev–Trinajstić information content (AvgIpc) is 3.20. The van der Waals surface area contributed by atoms with Gasteiger partial charge in [0, 0.05) is 17.3 Å². The maximum Gasteiger partial charge on any atom is 0.414 e. The minimum absolute atomic E-state index is 0.0956. The highest BCUT2D eigenvalue weighted by Crippen LogP contribution is 2.35. The number of pyridine rings is 1. The second kappa shape index (κ2) is 5.58. The minimum atomic E-state index is -1.06. The molecule has 0 unspecified atom stereocenters. The standard InChI is InChI=1S/C17H17FN4O3/c1-8-7-25-17(24)22(8)10-2-9-3-15(20-6-12(9)14(19)4-10)21-16(23)11-5-13(11)18/h2-4,6,8,11,13H,5,7,19H2,1H3,(H,20,21,23)/t8-,11-,13-/m1/s1. The zero-order valence-electron chi connectivity index (χ0n) is 13.5. The lowest BCUT2D eigenvalue weighted by molar-refractivity contribution is -0.117. The first-order valence-corrected chi connectivity index (χ1v) is 8.04. The molecule has 130 valence electrons.